The molecule has 1 saturated carbocycles. The van der Waals surface area contributed by atoms with Crippen molar-refractivity contribution < 1.29 is 9.59 Å². The highest BCUT2D eigenvalue weighted by molar-refractivity contribution is 6.01. The summed E-state index contributed by atoms with van der Waals surface area (Å²) < 4.78 is 0. The third kappa shape index (κ3) is 3.93. The third-order valence-corrected chi connectivity index (χ3v) is 4.17. The van der Waals surface area contributed by atoms with E-state index in [1.165, 1.54) is 0 Å². The molecule has 0 radical (unpaired) electrons. The number of amides is 3. The Balaban J connectivity index is 1.59. The Labute approximate surface area is 141 Å². The van der Waals surface area contributed by atoms with Crippen molar-refractivity contribution in [2.24, 2.45) is 0 Å². The lowest BCUT2D eigenvalue weighted by molar-refractivity contribution is 0.0951. The van der Waals surface area contributed by atoms with Crippen LogP contribution < -0.4 is 16.0 Å². The smallest absolute Gasteiger partial charge is 0.323 e. The van der Waals surface area contributed by atoms with Crippen molar-refractivity contribution in [3.8, 4) is 0 Å². The highest BCUT2D eigenvalue weighted by atomic mass is 16.2. The van der Waals surface area contributed by atoms with Crippen molar-refractivity contribution >= 4 is 23.3 Å². The van der Waals surface area contributed by atoms with E-state index in [-0.39, 0.29) is 11.9 Å². The summed E-state index contributed by atoms with van der Waals surface area (Å²) in [7, 11) is 0. The molecule has 0 aliphatic heterocycles. The van der Waals surface area contributed by atoms with Gasteiger partial charge in [-0.25, -0.2) is 4.79 Å². The minimum Gasteiger partial charge on any atom is -0.349 e. The van der Waals surface area contributed by atoms with Gasteiger partial charge in [0.25, 0.3) is 5.91 Å². The molecule has 1 aliphatic carbocycles. The summed E-state index contributed by atoms with van der Waals surface area (Å²) in [6, 6.07) is 12.7. The van der Waals surface area contributed by atoms with Crippen LogP contribution in [0.15, 0.2) is 42.5 Å². The molecule has 0 bridgehead atoms. The SMILES string of the molecule is Cc1cccc(NC(=O)Nc2ccc(C(=O)NC3CC3)cc2)c1C. The van der Waals surface area contributed by atoms with Crippen LogP contribution in [0.2, 0.25) is 0 Å². The standard InChI is InChI=1S/C19H21N3O2/c1-12-4-3-5-17(13(12)2)22-19(24)21-16-8-6-14(7-9-16)18(23)20-15-10-11-15/h3-9,15H,10-11H2,1-2H3,(H,20,23)(H2,21,22,24). The summed E-state index contributed by atoms with van der Waals surface area (Å²) >= 11 is 0. The summed E-state index contributed by atoms with van der Waals surface area (Å²) in [5, 5.41) is 8.55. The first-order valence-electron chi connectivity index (χ1n) is 8.08. The molecule has 0 saturated heterocycles. The quantitative estimate of drug-likeness (QED) is 0.800. The van der Waals surface area contributed by atoms with Crippen molar-refractivity contribution in [1.29, 1.82) is 0 Å². The molecule has 0 heterocycles. The van der Waals surface area contributed by atoms with E-state index in [4.69, 9.17) is 0 Å². The molecule has 124 valence electrons. The van der Waals surface area contributed by atoms with Crippen LogP contribution in [-0.2, 0) is 0 Å². The fourth-order valence-corrected chi connectivity index (χ4v) is 2.37. The van der Waals surface area contributed by atoms with Crippen molar-refractivity contribution in [2.45, 2.75) is 32.7 Å². The number of benzene rings is 2. The zero-order valence-corrected chi connectivity index (χ0v) is 13.8. The second kappa shape index (κ2) is 6.74. The minimum absolute atomic E-state index is 0.0658. The Kier molecular flexibility index (Phi) is 4.51. The van der Waals surface area contributed by atoms with E-state index in [0.29, 0.717) is 17.3 Å². The van der Waals surface area contributed by atoms with Gasteiger partial charge in [0.05, 0.1) is 0 Å². The van der Waals surface area contributed by atoms with Gasteiger partial charge in [-0.3, -0.25) is 4.79 Å². The molecule has 2 aromatic carbocycles. The molecule has 1 aliphatic rings. The Hall–Kier alpha value is -2.82. The Bertz CT molecular complexity index is 765. The zero-order valence-electron chi connectivity index (χ0n) is 13.8. The molecular weight excluding hydrogens is 302 g/mol. The van der Waals surface area contributed by atoms with Gasteiger partial charge >= 0.3 is 6.03 Å². The lowest BCUT2D eigenvalue weighted by Gasteiger charge is -2.11. The normalized spacial score (nSPS) is 13.2. The number of hydrogen-bond donors (Lipinski definition) is 3. The summed E-state index contributed by atoms with van der Waals surface area (Å²) in [5.41, 5.74) is 4.19. The topological polar surface area (TPSA) is 70.2 Å². The highest BCUT2D eigenvalue weighted by Crippen LogP contribution is 2.20. The lowest BCUT2D eigenvalue weighted by Crippen LogP contribution is -2.25. The molecule has 3 rings (SSSR count). The molecule has 0 aromatic heterocycles. The van der Waals surface area contributed by atoms with Gasteiger partial charge in [0.1, 0.15) is 0 Å². The first kappa shape index (κ1) is 16.1. The highest BCUT2D eigenvalue weighted by Gasteiger charge is 2.23. The van der Waals surface area contributed by atoms with Crippen LogP contribution in [0.5, 0.6) is 0 Å². The summed E-state index contributed by atoms with van der Waals surface area (Å²) in [6.45, 7) is 3.97. The van der Waals surface area contributed by atoms with Gasteiger partial charge < -0.3 is 16.0 Å². The van der Waals surface area contributed by atoms with Crippen LogP contribution in [0.4, 0.5) is 16.2 Å². The first-order chi connectivity index (χ1) is 11.5. The van der Waals surface area contributed by atoms with Gasteiger partial charge in [-0.2, -0.15) is 0 Å². The van der Waals surface area contributed by atoms with E-state index >= 15 is 0 Å². The average Bonchev–Trinajstić information content (AvgIpc) is 3.36. The number of rotatable bonds is 4. The molecule has 1 fully saturated rings. The van der Waals surface area contributed by atoms with Crippen molar-refractivity contribution in [2.75, 3.05) is 10.6 Å². The van der Waals surface area contributed by atoms with Crippen molar-refractivity contribution in [3.63, 3.8) is 0 Å². The van der Waals surface area contributed by atoms with E-state index in [1.54, 1.807) is 24.3 Å². The van der Waals surface area contributed by atoms with Gasteiger partial charge in [0.2, 0.25) is 0 Å². The number of carbonyl (C=O) groups excluding carboxylic acids is 2. The Morgan fingerprint density at radius 3 is 2.33 bits per heavy atom. The molecular formula is C19H21N3O2. The maximum atomic E-state index is 12.1. The second-order valence-corrected chi connectivity index (χ2v) is 6.15. The Morgan fingerprint density at radius 2 is 1.67 bits per heavy atom. The van der Waals surface area contributed by atoms with E-state index in [1.807, 2.05) is 32.0 Å². The maximum Gasteiger partial charge on any atom is 0.323 e. The van der Waals surface area contributed by atoms with Crippen LogP contribution in [-0.4, -0.2) is 18.0 Å². The van der Waals surface area contributed by atoms with Gasteiger partial charge in [-0.1, -0.05) is 12.1 Å². The van der Waals surface area contributed by atoms with Gasteiger partial charge in [0.15, 0.2) is 0 Å². The van der Waals surface area contributed by atoms with Gasteiger partial charge in [-0.05, 0) is 68.1 Å². The van der Waals surface area contributed by atoms with Crippen molar-refractivity contribution in [3.05, 3.63) is 59.2 Å². The molecule has 0 spiro atoms. The number of anilines is 2. The van der Waals surface area contributed by atoms with E-state index in [2.05, 4.69) is 16.0 Å². The van der Waals surface area contributed by atoms with E-state index in [9.17, 15) is 9.59 Å². The molecule has 5 nitrogen and oxygen atoms in total. The fourth-order valence-electron chi connectivity index (χ4n) is 2.37. The Morgan fingerprint density at radius 1 is 0.958 bits per heavy atom. The fraction of sp³-hybridized carbons (Fsp3) is 0.263. The molecule has 3 amide bonds. The third-order valence-electron chi connectivity index (χ3n) is 4.17. The van der Waals surface area contributed by atoms with Gasteiger partial charge in [0, 0.05) is 23.0 Å². The molecule has 3 N–H and O–H groups in total. The molecule has 0 unspecified atom stereocenters. The van der Waals surface area contributed by atoms with Crippen LogP contribution in [0.25, 0.3) is 0 Å². The lowest BCUT2D eigenvalue weighted by atomic mass is 10.1. The average molecular weight is 323 g/mol. The minimum atomic E-state index is -0.307. The predicted octanol–water partition coefficient (Wildman–Crippen LogP) is 3.84. The number of aryl methyl sites for hydroxylation is 1. The second-order valence-electron chi connectivity index (χ2n) is 6.15. The summed E-state index contributed by atoms with van der Waals surface area (Å²) in [6.07, 6.45) is 2.12. The first-order valence-corrected chi connectivity index (χ1v) is 8.08. The van der Waals surface area contributed by atoms with Crippen LogP contribution >= 0.6 is 0 Å². The van der Waals surface area contributed by atoms with Gasteiger partial charge in [-0.15, -0.1) is 0 Å². The molecule has 5 heteroatoms. The number of hydrogen-bond acceptors (Lipinski definition) is 2. The number of urea groups is 1. The summed E-state index contributed by atoms with van der Waals surface area (Å²) in [5.74, 6) is -0.0658. The van der Waals surface area contributed by atoms with Crippen molar-refractivity contribution in [1.82, 2.24) is 5.32 Å². The number of nitrogens with one attached hydrogen (secondary N) is 3. The maximum absolute atomic E-state index is 12.1. The molecule has 24 heavy (non-hydrogen) atoms. The van der Waals surface area contributed by atoms with Crippen LogP contribution in [0.3, 0.4) is 0 Å². The molecule has 2 aromatic rings. The molecule has 0 atom stereocenters. The van der Waals surface area contributed by atoms with Crippen LogP contribution in [0.1, 0.15) is 34.3 Å². The predicted molar refractivity (Wildman–Crippen MR) is 95.5 cm³/mol. The van der Waals surface area contributed by atoms with E-state index < -0.39 is 0 Å². The zero-order chi connectivity index (χ0) is 17.1. The van der Waals surface area contributed by atoms with Crippen LogP contribution in [0, 0.1) is 13.8 Å². The number of carbonyl (C=O) groups is 2. The summed E-state index contributed by atoms with van der Waals surface area (Å²) in [4.78, 5) is 24.0. The monoisotopic (exact) mass is 323 g/mol. The van der Waals surface area contributed by atoms with E-state index in [0.717, 1.165) is 29.7 Å². The largest absolute Gasteiger partial charge is 0.349 e.